The zero-order chi connectivity index (χ0) is 16.4. The van der Waals surface area contributed by atoms with Gasteiger partial charge in [-0.2, -0.15) is 5.26 Å². The second-order valence-corrected chi connectivity index (χ2v) is 5.84. The van der Waals surface area contributed by atoms with E-state index in [1.165, 1.54) is 18.3 Å². The van der Waals surface area contributed by atoms with E-state index in [4.69, 9.17) is 16.7 Å². The van der Waals surface area contributed by atoms with Gasteiger partial charge in [-0.3, -0.25) is 9.88 Å². The molecule has 7 heteroatoms. The quantitative estimate of drug-likeness (QED) is 0.930. The molecule has 1 fully saturated rings. The number of anilines is 1. The highest BCUT2D eigenvalue weighted by atomic mass is 35.5. The Balaban J connectivity index is 2.06. The Bertz CT molecular complexity index is 769. The molecule has 5 nitrogen and oxygen atoms in total. The third-order valence-electron chi connectivity index (χ3n) is 4.12. The number of nitrogens with zero attached hydrogens (tertiary/aromatic N) is 4. The molecule has 0 radical (unpaired) electrons. The van der Waals surface area contributed by atoms with Crippen LogP contribution in [0.4, 0.5) is 10.1 Å². The number of β-amino-alcohol motifs (C(OH)–C–C–N with tert-alkyl or cyclic N) is 1. The Hall–Kier alpha value is -1.94. The first kappa shape index (κ1) is 15.9. The summed E-state index contributed by atoms with van der Waals surface area (Å²) in [6, 6.07) is 4.91. The van der Waals surface area contributed by atoms with Crippen LogP contribution in [-0.2, 0) is 0 Å². The first-order valence-corrected chi connectivity index (χ1v) is 7.78. The predicted molar refractivity (Wildman–Crippen MR) is 87.2 cm³/mol. The van der Waals surface area contributed by atoms with Gasteiger partial charge in [-0.15, -0.1) is 0 Å². The van der Waals surface area contributed by atoms with Gasteiger partial charge in [-0.1, -0.05) is 11.6 Å². The second-order valence-electron chi connectivity index (χ2n) is 5.44. The van der Waals surface area contributed by atoms with E-state index in [1.54, 1.807) is 0 Å². The number of aliphatic hydroxyl groups excluding tert-OH is 1. The molecule has 0 unspecified atom stereocenters. The Kier molecular flexibility index (Phi) is 4.62. The van der Waals surface area contributed by atoms with Crippen LogP contribution < -0.4 is 4.90 Å². The number of hydrogen-bond acceptors (Lipinski definition) is 5. The van der Waals surface area contributed by atoms with Gasteiger partial charge in [0, 0.05) is 44.3 Å². The molecule has 1 aliphatic rings. The molecule has 0 saturated carbocycles. The summed E-state index contributed by atoms with van der Waals surface area (Å²) in [5.74, 6) is -0.450. The summed E-state index contributed by atoms with van der Waals surface area (Å²) in [6.45, 7) is 3.65. The molecule has 2 heterocycles. The van der Waals surface area contributed by atoms with Gasteiger partial charge in [0.15, 0.2) is 0 Å². The summed E-state index contributed by atoms with van der Waals surface area (Å²) in [7, 11) is 0. The fraction of sp³-hybridized carbons (Fsp3) is 0.375. The molecule has 2 aromatic rings. The van der Waals surface area contributed by atoms with Gasteiger partial charge < -0.3 is 10.0 Å². The van der Waals surface area contributed by atoms with Gasteiger partial charge in [0.25, 0.3) is 0 Å². The average Bonchev–Trinajstić information content (AvgIpc) is 2.58. The number of nitriles is 1. The number of halogens is 2. The molecular formula is C16H16ClFN4O. The molecule has 1 N–H and O–H groups in total. The molecule has 1 aromatic heterocycles. The fourth-order valence-corrected chi connectivity index (χ4v) is 3.21. The van der Waals surface area contributed by atoms with Crippen molar-refractivity contribution in [1.29, 1.82) is 5.26 Å². The molecule has 1 aromatic carbocycles. The van der Waals surface area contributed by atoms with Gasteiger partial charge in [0.05, 0.1) is 22.9 Å². The number of aliphatic hydroxyl groups is 1. The van der Waals surface area contributed by atoms with Crippen LogP contribution in [0.2, 0.25) is 5.02 Å². The highest BCUT2D eigenvalue weighted by Gasteiger charge is 2.23. The molecule has 0 bridgehead atoms. The lowest BCUT2D eigenvalue weighted by atomic mass is 10.1. The molecule has 1 saturated heterocycles. The maximum Gasteiger partial charge on any atom is 0.149 e. The third kappa shape index (κ3) is 2.95. The van der Waals surface area contributed by atoms with E-state index in [1.807, 2.05) is 4.90 Å². The van der Waals surface area contributed by atoms with Crippen LogP contribution in [0.15, 0.2) is 18.3 Å². The molecule has 120 valence electrons. The number of aromatic nitrogens is 1. The second kappa shape index (κ2) is 6.67. The van der Waals surface area contributed by atoms with E-state index in [9.17, 15) is 9.65 Å². The minimum atomic E-state index is -0.450. The van der Waals surface area contributed by atoms with E-state index in [0.29, 0.717) is 41.3 Å². The number of fused-ring (bicyclic) bond motifs is 1. The zero-order valence-corrected chi connectivity index (χ0v) is 13.2. The molecular weight excluding hydrogens is 319 g/mol. The van der Waals surface area contributed by atoms with Crippen LogP contribution in [0.25, 0.3) is 10.9 Å². The van der Waals surface area contributed by atoms with E-state index in [0.717, 1.165) is 13.1 Å². The summed E-state index contributed by atoms with van der Waals surface area (Å²) in [5.41, 5.74) is 1.22. The lowest BCUT2D eigenvalue weighted by molar-refractivity contribution is 0.189. The highest BCUT2D eigenvalue weighted by molar-refractivity contribution is 6.36. The molecule has 1 aliphatic heterocycles. The van der Waals surface area contributed by atoms with E-state index >= 15 is 0 Å². The van der Waals surface area contributed by atoms with Crippen LogP contribution in [0.1, 0.15) is 5.56 Å². The first-order valence-electron chi connectivity index (χ1n) is 7.40. The summed E-state index contributed by atoms with van der Waals surface area (Å²) in [4.78, 5) is 8.25. The van der Waals surface area contributed by atoms with Gasteiger partial charge in [-0.05, 0) is 12.1 Å². The minimum absolute atomic E-state index is 0.124. The number of hydrogen-bond donors (Lipinski definition) is 1. The van der Waals surface area contributed by atoms with Crippen molar-refractivity contribution >= 4 is 28.2 Å². The highest BCUT2D eigenvalue weighted by Crippen LogP contribution is 2.36. The summed E-state index contributed by atoms with van der Waals surface area (Å²) < 4.78 is 14.1. The topological polar surface area (TPSA) is 63.4 Å². The number of rotatable bonds is 3. The Morgan fingerprint density at radius 1 is 1.30 bits per heavy atom. The van der Waals surface area contributed by atoms with Crippen molar-refractivity contribution in [3.63, 3.8) is 0 Å². The molecule has 0 atom stereocenters. The smallest absolute Gasteiger partial charge is 0.149 e. The van der Waals surface area contributed by atoms with Crippen molar-refractivity contribution in [2.75, 3.05) is 44.2 Å². The molecule has 23 heavy (non-hydrogen) atoms. The van der Waals surface area contributed by atoms with Crippen LogP contribution in [0, 0.1) is 17.1 Å². The summed E-state index contributed by atoms with van der Waals surface area (Å²) in [5, 5.41) is 19.3. The Labute approximate surface area is 138 Å². The summed E-state index contributed by atoms with van der Waals surface area (Å²) in [6.07, 6.45) is 1.40. The van der Waals surface area contributed by atoms with Crippen molar-refractivity contribution in [1.82, 2.24) is 9.88 Å². The molecule has 0 amide bonds. The van der Waals surface area contributed by atoms with Crippen LogP contribution in [0.3, 0.4) is 0 Å². The number of pyridine rings is 1. The summed E-state index contributed by atoms with van der Waals surface area (Å²) >= 11 is 6.27. The van der Waals surface area contributed by atoms with E-state index < -0.39 is 5.82 Å². The van der Waals surface area contributed by atoms with Gasteiger partial charge in [-0.25, -0.2) is 4.39 Å². The SMILES string of the molecule is N#Cc1cnc2c(F)ccc(Cl)c2c1N1CCN(CCO)CC1. The van der Waals surface area contributed by atoms with Crippen molar-refractivity contribution in [3.8, 4) is 6.07 Å². The molecule has 3 rings (SSSR count). The van der Waals surface area contributed by atoms with Crippen molar-refractivity contribution in [2.45, 2.75) is 0 Å². The first-order chi connectivity index (χ1) is 11.2. The fourth-order valence-electron chi connectivity index (χ4n) is 2.96. The lowest BCUT2D eigenvalue weighted by Gasteiger charge is -2.36. The Morgan fingerprint density at radius 3 is 2.70 bits per heavy atom. The Morgan fingerprint density at radius 2 is 2.04 bits per heavy atom. The van der Waals surface area contributed by atoms with E-state index in [2.05, 4.69) is 16.0 Å². The maximum absolute atomic E-state index is 14.1. The standard InChI is InChI=1S/C16H16ClFN4O/c17-12-1-2-13(18)15-14(12)16(11(9-19)10-20-15)22-5-3-21(4-6-22)7-8-23/h1-2,10,23H,3-8H2. The monoisotopic (exact) mass is 334 g/mol. The van der Waals surface area contributed by atoms with Gasteiger partial charge in [0.2, 0.25) is 0 Å². The largest absolute Gasteiger partial charge is 0.395 e. The van der Waals surface area contributed by atoms with Crippen molar-refractivity contribution in [3.05, 3.63) is 34.7 Å². The molecule has 0 spiro atoms. The maximum atomic E-state index is 14.1. The predicted octanol–water partition coefficient (Wildman–Crippen LogP) is 2.01. The van der Waals surface area contributed by atoms with Gasteiger partial charge >= 0.3 is 0 Å². The van der Waals surface area contributed by atoms with Crippen LogP contribution in [-0.4, -0.2) is 54.3 Å². The number of benzene rings is 1. The van der Waals surface area contributed by atoms with Crippen molar-refractivity contribution < 1.29 is 9.50 Å². The molecule has 0 aliphatic carbocycles. The number of piperazine rings is 1. The van der Waals surface area contributed by atoms with Crippen LogP contribution >= 0.6 is 11.6 Å². The minimum Gasteiger partial charge on any atom is -0.395 e. The van der Waals surface area contributed by atoms with E-state index in [-0.39, 0.29) is 12.1 Å². The normalized spacial score (nSPS) is 15.8. The van der Waals surface area contributed by atoms with Gasteiger partial charge in [0.1, 0.15) is 17.4 Å². The lowest BCUT2D eigenvalue weighted by Crippen LogP contribution is -2.47. The third-order valence-corrected chi connectivity index (χ3v) is 4.43. The zero-order valence-electron chi connectivity index (χ0n) is 12.5. The average molecular weight is 335 g/mol. The van der Waals surface area contributed by atoms with Crippen LogP contribution in [0.5, 0.6) is 0 Å². The van der Waals surface area contributed by atoms with Crippen molar-refractivity contribution in [2.24, 2.45) is 0 Å².